The minimum absolute atomic E-state index is 0.0122. The first-order valence-corrected chi connectivity index (χ1v) is 10.9. The van der Waals surface area contributed by atoms with E-state index in [-0.39, 0.29) is 20.6 Å². The first-order valence-electron chi connectivity index (χ1n) is 9.09. The molecule has 0 saturated carbocycles. The van der Waals surface area contributed by atoms with Crippen molar-refractivity contribution in [2.24, 2.45) is 0 Å². The Balaban J connectivity index is 1.56. The number of aromatic nitrogens is 2. The maximum atomic E-state index is 13.0. The van der Waals surface area contributed by atoms with Crippen molar-refractivity contribution in [2.75, 3.05) is 44.0 Å². The van der Waals surface area contributed by atoms with E-state index in [1.54, 1.807) is 0 Å². The molecule has 29 heavy (non-hydrogen) atoms. The van der Waals surface area contributed by atoms with Crippen molar-refractivity contribution in [3.05, 3.63) is 29.4 Å². The number of halogens is 1. The lowest BCUT2D eigenvalue weighted by Crippen LogP contribution is -2.45. The van der Waals surface area contributed by atoms with Gasteiger partial charge >= 0.3 is 0 Å². The van der Waals surface area contributed by atoms with E-state index in [0.717, 1.165) is 0 Å². The van der Waals surface area contributed by atoms with E-state index in [9.17, 15) is 8.42 Å². The molecule has 9 nitrogen and oxygen atoms in total. The number of ether oxygens (including phenoxy) is 3. The molecule has 11 heteroatoms. The molecule has 1 aromatic carbocycles. The number of piperidine rings is 1. The van der Waals surface area contributed by atoms with Crippen molar-refractivity contribution < 1.29 is 22.6 Å². The van der Waals surface area contributed by atoms with E-state index in [0.29, 0.717) is 50.8 Å². The number of hydrogen-bond donors (Lipinski definition) is 1. The van der Waals surface area contributed by atoms with Crippen molar-refractivity contribution in [3.63, 3.8) is 0 Å². The van der Waals surface area contributed by atoms with Crippen LogP contribution in [0.15, 0.2) is 34.2 Å². The molecular formula is C18H21ClN4O5S. The SMILES string of the molecule is COc1ccc(S(=O)(=O)c2cnc(N3CCC4(CC3)OCCO4)nc2N)cc1Cl. The second-order valence-corrected chi connectivity index (χ2v) is 9.14. The quantitative estimate of drug-likeness (QED) is 0.760. The highest BCUT2D eigenvalue weighted by atomic mass is 35.5. The lowest BCUT2D eigenvalue weighted by Gasteiger charge is -2.37. The summed E-state index contributed by atoms with van der Waals surface area (Å²) in [7, 11) is -2.48. The zero-order chi connectivity index (χ0) is 20.6. The zero-order valence-electron chi connectivity index (χ0n) is 15.8. The molecule has 0 radical (unpaired) electrons. The minimum Gasteiger partial charge on any atom is -0.495 e. The molecule has 0 aliphatic carbocycles. The summed E-state index contributed by atoms with van der Waals surface area (Å²) in [5, 5.41) is 0.184. The van der Waals surface area contributed by atoms with Gasteiger partial charge in [-0.25, -0.2) is 13.4 Å². The number of methoxy groups -OCH3 is 1. The largest absolute Gasteiger partial charge is 0.495 e. The van der Waals surface area contributed by atoms with Crippen LogP contribution in [0.25, 0.3) is 0 Å². The van der Waals surface area contributed by atoms with Crippen LogP contribution in [0.1, 0.15) is 12.8 Å². The van der Waals surface area contributed by atoms with Crippen molar-refractivity contribution in [1.29, 1.82) is 0 Å². The lowest BCUT2D eigenvalue weighted by atomic mass is 10.0. The van der Waals surface area contributed by atoms with E-state index >= 15 is 0 Å². The molecular weight excluding hydrogens is 420 g/mol. The standard InChI is InChI=1S/C18H21ClN4O5S/c1-26-14-3-2-12(10-13(14)19)29(24,25)15-11-21-17(22-16(15)20)23-6-4-18(5-7-23)27-8-9-28-18/h2-3,10-11H,4-9H2,1H3,(H2,20,21,22). The number of nitrogen functional groups attached to an aromatic ring is 1. The average molecular weight is 441 g/mol. The fourth-order valence-corrected chi connectivity index (χ4v) is 5.12. The van der Waals surface area contributed by atoms with Crippen LogP contribution in [0.2, 0.25) is 5.02 Å². The molecule has 0 amide bonds. The number of hydrogen-bond acceptors (Lipinski definition) is 9. The Labute approximate surface area is 173 Å². The molecule has 1 spiro atoms. The molecule has 0 atom stereocenters. The van der Waals surface area contributed by atoms with E-state index in [4.69, 9.17) is 31.5 Å². The van der Waals surface area contributed by atoms with Gasteiger partial charge in [0.1, 0.15) is 16.5 Å². The van der Waals surface area contributed by atoms with Crippen LogP contribution < -0.4 is 15.4 Å². The van der Waals surface area contributed by atoms with Gasteiger partial charge < -0.3 is 24.8 Å². The van der Waals surface area contributed by atoms with Gasteiger partial charge in [-0.2, -0.15) is 4.98 Å². The zero-order valence-corrected chi connectivity index (χ0v) is 17.4. The van der Waals surface area contributed by atoms with E-state index < -0.39 is 15.6 Å². The van der Waals surface area contributed by atoms with Gasteiger partial charge in [-0.15, -0.1) is 0 Å². The van der Waals surface area contributed by atoms with Gasteiger partial charge in [0.05, 0.1) is 36.4 Å². The van der Waals surface area contributed by atoms with Gasteiger partial charge in [0.15, 0.2) is 5.79 Å². The molecule has 0 unspecified atom stereocenters. The number of sulfone groups is 1. The summed E-state index contributed by atoms with van der Waals surface area (Å²) in [5.41, 5.74) is 6.00. The van der Waals surface area contributed by atoms with E-state index in [1.807, 2.05) is 4.90 Å². The summed E-state index contributed by atoms with van der Waals surface area (Å²) in [6.45, 7) is 2.45. The molecule has 2 fully saturated rings. The first kappa shape index (κ1) is 20.1. The van der Waals surface area contributed by atoms with Crippen LogP contribution in [-0.2, 0) is 19.3 Å². The summed E-state index contributed by atoms with van der Waals surface area (Å²) in [5.74, 6) is 0.125. The molecule has 2 N–H and O–H groups in total. The average Bonchev–Trinajstić information content (AvgIpc) is 3.16. The van der Waals surface area contributed by atoms with E-state index in [1.165, 1.54) is 31.5 Å². The third kappa shape index (κ3) is 3.73. The van der Waals surface area contributed by atoms with Gasteiger partial charge in [0.2, 0.25) is 15.8 Å². The number of benzene rings is 1. The highest BCUT2D eigenvalue weighted by Gasteiger charge is 2.40. The van der Waals surface area contributed by atoms with Gasteiger partial charge in [-0.1, -0.05) is 11.6 Å². The van der Waals surface area contributed by atoms with Crippen LogP contribution in [0.5, 0.6) is 5.75 Å². The monoisotopic (exact) mass is 440 g/mol. The van der Waals surface area contributed by atoms with Gasteiger partial charge in [-0.3, -0.25) is 0 Å². The van der Waals surface area contributed by atoms with Crippen molar-refractivity contribution >= 4 is 33.2 Å². The number of anilines is 2. The van der Waals surface area contributed by atoms with Crippen LogP contribution >= 0.6 is 11.6 Å². The minimum atomic E-state index is -3.93. The summed E-state index contributed by atoms with van der Waals surface area (Å²) in [4.78, 5) is 10.2. The summed E-state index contributed by atoms with van der Waals surface area (Å²) >= 11 is 6.06. The molecule has 2 aromatic rings. The van der Waals surface area contributed by atoms with Crippen LogP contribution in [0.4, 0.5) is 11.8 Å². The predicted molar refractivity (Wildman–Crippen MR) is 106 cm³/mol. The van der Waals surface area contributed by atoms with Crippen molar-refractivity contribution in [1.82, 2.24) is 9.97 Å². The lowest BCUT2D eigenvalue weighted by molar-refractivity contribution is -0.169. The van der Waals surface area contributed by atoms with Gasteiger partial charge in [0.25, 0.3) is 0 Å². The third-order valence-electron chi connectivity index (χ3n) is 5.11. The Morgan fingerprint density at radius 2 is 1.93 bits per heavy atom. The summed E-state index contributed by atoms with van der Waals surface area (Å²) in [6.07, 6.45) is 2.60. The molecule has 156 valence electrons. The topological polar surface area (TPSA) is 117 Å². The normalized spacial score (nSPS) is 18.9. The van der Waals surface area contributed by atoms with Gasteiger partial charge in [0, 0.05) is 25.9 Å². The molecule has 2 saturated heterocycles. The Kier molecular flexibility index (Phi) is 5.28. The number of nitrogens with zero attached hydrogens (tertiary/aromatic N) is 3. The summed E-state index contributed by atoms with van der Waals surface area (Å²) < 4.78 is 42.4. The van der Waals surface area contributed by atoms with Crippen LogP contribution in [0, 0.1) is 0 Å². The summed E-state index contributed by atoms with van der Waals surface area (Å²) in [6, 6.07) is 4.20. The van der Waals surface area contributed by atoms with Crippen LogP contribution in [0.3, 0.4) is 0 Å². The van der Waals surface area contributed by atoms with Crippen LogP contribution in [-0.4, -0.2) is 57.6 Å². The maximum absolute atomic E-state index is 13.0. The maximum Gasteiger partial charge on any atom is 0.227 e. The first-order chi connectivity index (χ1) is 13.8. The second kappa shape index (κ2) is 7.60. The van der Waals surface area contributed by atoms with Crippen molar-refractivity contribution in [3.8, 4) is 5.75 Å². The molecule has 2 aliphatic rings. The predicted octanol–water partition coefficient (Wildman–Crippen LogP) is 1.90. The molecule has 3 heterocycles. The van der Waals surface area contributed by atoms with E-state index in [2.05, 4.69) is 9.97 Å². The Hall–Kier alpha value is -2.14. The Morgan fingerprint density at radius 1 is 1.24 bits per heavy atom. The molecule has 1 aromatic heterocycles. The smallest absolute Gasteiger partial charge is 0.227 e. The number of nitrogens with two attached hydrogens (primary N) is 1. The van der Waals surface area contributed by atoms with Crippen molar-refractivity contribution in [2.45, 2.75) is 28.4 Å². The molecule has 0 bridgehead atoms. The highest BCUT2D eigenvalue weighted by molar-refractivity contribution is 7.91. The third-order valence-corrected chi connectivity index (χ3v) is 7.18. The molecule has 2 aliphatic heterocycles. The fraction of sp³-hybridized carbons (Fsp3) is 0.444. The fourth-order valence-electron chi connectivity index (χ4n) is 3.51. The second-order valence-electron chi connectivity index (χ2n) is 6.81. The highest BCUT2D eigenvalue weighted by Crippen LogP contribution is 2.34. The van der Waals surface area contributed by atoms with Gasteiger partial charge in [-0.05, 0) is 18.2 Å². The number of rotatable bonds is 4. The Morgan fingerprint density at radius 3 is 2.52 bits per heavy atom. The molecule has 4 rings (SSSR count). The Bertz CT molecular complexity index is 1020.